The third-order valence-electron chi connectivity index (χ3n) is 4.27. The third-order valence-corrected chi connectivity index (χ3v) is 5.25. The van der Waals surface area contributed by atoms with E-state index in [9.17, 15) is 0 Å². The lowest BCUT2D eigenvalue weighted by atomic mass is 9.95. The van der Waals surface area contributed by atoms with Gasteiger partial charge in [-0.2, -0.15) is 0 Å². The molecule has 0 amide bonds. The normalized spacial score (nSPS) is 15.0. The van der Waals surface area contributed by atoms with E-state index in [1.54, 1.807) is 11.1 Å². The summed E-state index contributed by atoms with van der Waals surface area (Å²) in [5.74, 6) is 0. The number of halogens is 1. The number of fused-ring (bicyclic) bond motifs is 1. The van der Waals surface area contributed by atoms with Crippen LogP contribution >= 0.6 is 22.6 Å². The Balaban J connectivity index is 1.97. The van der Waals surface area contributed by atoms with Crippen LogP contribution in [0.15, 0.2) is 42.5 Å². The quantitative estimate of drug-likeness (QED) is 0.718. The van der Waals surface area contributed by atoms with Gasteiger partial charge in [0, 0.05) is 3.57 Å². The van der Waals surface area contributed by atoms with Crippen LogP contribution in [-0.4, -0.2) is 6.54 Å². The van der Waals surface area contributed by atoms with Gasteiger partial charge in [-0.1, -0.05) is 43.3 Å². The Morgan fingerprint density at radius 3 is 2.71 bits per heavy atom. The van der Waals surface area contributed by atoms with Crippen LogP contribution < -0.4 is 5.32 Å². The van der Waals surface area contributed by atoms with Crippen molar-refractivity contribution in [1.29, 1.82) is 0 Å². The molecule has 3 rings (SSSR count). The Kier molecular flexibility index (Phi) is 4.96. The van der Waals surface area contributed by atoms with Gasteiger partial charge in [-0.15, -0.1) is 0 Å². The maximum absolute atomic E-state index is 3.73. The number of rotatable bonds is 5. The lowest BCUT2D eigenvalue weighted by molar-refractivity contribution is 0.596. The van der Waals surface area contributed by atoms with Crippen molar-refractivity contribution >= 4 is 22.6 Å². The fourth-order valence-corrected chi connectivity index (χ4v) is 3.88. The van der Waals surface area contributed by atoms with E-state index in [1.165, 1.54) is 34.0 Å². The minimum Gasteiger partial charge on any atom is -0.306 e. The van der Waals surface area contributed by atoms with E-state index in [2.05, 4.69) is 77.3 Å². The smallest absolute Gasteiger partial charge is 0.0587 e. The van der Waals surface area contributed by atoms with Gasteiger partial charge in [0.05, 0.1) is 6.04 Å². The molecule has 0 heterocycles. The van der Waals surface area contributed by atoms with Crippen molar-refractivity contribution in [3.05, 3.63) is 68.3 Å². The standard InChI is InChI=1S/C19H22IN/c1-2-12-21-19(17-8-3-4-9-18(17)20)16-11-10-14-6-5-7-15(14)13-16/h3-4,8-11,13,19,21H,2,5-7,12H2,1H3. The molecule has 2 heteroatoms. The van der Waals surface area contributed by atoms with Crippen LogP contribution in [0, 0.1) is 3.57 Å². The van der Waals surface area contributed by atoms with Gasteiger partial charge >= 0.3 is 0 Å². The van der Waals surface area contributed by atoms with Gasteiger partial charge < -0.3 is 5.32 Å². The molecule has 0 radical (unpaired) electrons. The molecule has 0 saturated heterocycles. The maximum Gasteiger partial charge on any atom is 0.0587 e. The number of hydrogen-bond acceptors (Lipinski definition) is 1. The van der Waals surface area contributed by atoms with E-state index in [0.717, 1.165) is 13.0 Å². The minimum absolute atomic E-state index is 0.309. The van der Waals surface area contributed by atoms with E-state index >= 15 is 0 Å². The molecule has 2 aromatic carbocycles. The topological polar surface area (TPSA) is 12.0 Å². The summed E-state index contributed by atoms with van der Waals surface area (Å²) in [6.07, 6.45) is 4.97. The van der Waals surface area contributed by atoms with Crippen LogP contribution in [0.4, 0.5) is 0 Å². The average Bonchev–Trinajstić information content (AvgIpc) is 2.97. The zero-order chi connectivity index (χ0) is 14.7. The molecule has 1 nitrogen and oxygen atoms in total. The van der Waals surface area contributed by atoms with Gasteiger partial charge in [0.15, 0.2) is 0 Å². The molecular weight excluding hydrogens is 369 g/mol. The van der Waals surface area contributed by atoms with Crippen molar-refractivity contribution in [2.75, 3.05) is 6.54 Å². The molecule has 0 bridgehead atoms. The second-order valence-electron chi connectivity index (χ2n) is 5.79. The largest absolute Gasteiger partial charge is 0.306 e. The molecule has 0 spiro atoms. The first-order valence-electron chi connectivity index (χ1n) is 7.89. The minimum atomic E-state index is 0.309. The Labute approximate surface area is 141 Å². The molecule has 1 aliphatic carbocycles. The van der Waals surface area contributed by atoms with Gasteiger partial charge in [0.2, 0.25) is 0 Å². The summed E-state index contributed by atoms with van der Waals surface area (Å²) in [5, 5.41) is 3.73. The van der Waals surface area contributed by atoms with Crippen molar-refractivity contribution in [2.45, 2.75) is 38.6 Å². The van der Waals surface area contributed by atoms with Gasteiger partial charge in [-0.3, -0.25) is 0 Å². The highest BCUT2D eigenvalue weighted by atomic mass is 127. The zero-order valence-corrected chi connectivity index (χ0v) is 14.7. The van der Waals surface area contributed by atoms with E-state index in [-0.39, 0.29) is 0 Å². The number of hydrogen-bond donors (Lipinski definition) is 1. The molecule has 2 aromatic rings. The molecule has 0 fully saturated rings. The molecule has 0 aliphatic heterocycles. The lowest BCUT2D eigenvalue weighted by Crippen LogP contribution is -2.24. The van der Waals surface area contributed by atoms with Gasteiger partial charge in [0.25, 0.3) is 0 Å². The highest BCUT2D eigenvalue weighted by Crippen LogP contribution is 2.30. The second-order valence-corrected chi connectivity index (χ2v) is 6.95. The number of nitrogens with one attached hydrogen (secondary N) is 1. The third kappa shape index (κ3) is 3.32. The summed E-state index contributed by atoms with van der Waals surface area (Å²) in [4.78, 5) is 0. The average molecular weight is 391 g/mol. The second kappa shape index (κ2) is 6.93. The predicted octanol–water partition coefficient (Wildman–Crippen LogP) is 4.87. The van der Waals surface area contributed by atoms with Crippen LogP contribution in [-0.2, 0) is 12.8 Å². The Morgan fingerprint density at radius 1 is 1.10 bits per heavy atom. The van der Waals surface area contributed by atoms with Crippen molar-refractivity contribution < 1.29 is 0 Å². The van der Waals surface area contributed by atoms with Crippen molar-refractivity contribution in [2.24, 2.45) is 0 Å². The van der Waals surface area contributed by atoms with Gasteiger partial charge in [0.1, 0.15) is 0 Å². The van der Waals surface area contributed by atoms with E-state index in [0.29, 0.717) is 6.04 Å². The highest BCUT2D eigenvalue weighted by molar-refractivity contribution is 14.1. The summed E-state index contributed by atoms with van der Waals surface area (Å²) in [5.41, 5.74) is 5.91. The highest BCUT2D eigenvalue weighted by Gasteiger charge is 2.18. The van der Waals surface area contributed by atoms with Gasteiger partial charge in [-0.05, 0) is 83.1 Å². The summed E-state index contributed by atoms with van der Waals surface area (Å²) in [7, 11) is 0. The molecule has 110 valence electrons. The fourth-order valence-electron chi connectivity index (χ4n) is 3.18. The fraction of sp³-hybridized carbons (Fsp3) is 0.368. The SMILES string of the molecule is CCCNC(c1ccc2c(c1)CCC2)c1ccccc1I. The summed E-state index contributed by atoms with van der Waals surface area (Å²) >= 11 is 2.45. The Bertz CT molecular complexity index is 621. The summed E-state index contributed by atoms with van der Waals surface area (Å²) < 4.78 is 1.34. The molecule has 1 aliphatic rings. The van der Waals surface area contributed by atoms with Crippen LogP contribution in [0.3, 0.4) is 0 Å². The van der Waals surface area contributed by atoms with E-state index in [4.69, 9.17) is 0 Å². The molecule has 21 heavy (non-hydrogen) atoms. The first-order valence-corrected chi connectivity index (χ1v) is 8.97. The molecule has 0 saturated carbocycles. The van der Waals surface area contributed by atoms with Crippen LogP contribution in [0.5, 0.6) is 0 Å². The monoisotopic (exact) mass is 391 g/mol. The van der Waals surface area contributed by atoms with E-state index < -0.39 is 0 Å². The molecule has 1 unspecified atom stereocenters. The van der Waals surface area contributed by atoms with Crippen molar-refractivity contribution in [3.63, 3.8) is 0 Å². The Hall–Kier alpha value is -0.870. The van der Waals surface area contributed by atoms with Crippen LogP contribution in [0.1, 0.15) is 48.1 Å². The lowest BCUT2D eigenvalue weighted by Gasteiger charge is -2.21. The summed E-state index contributed by atoms with van der Waals surface area (Å²) in [6, 6.07) is 16.1. The molecule has 1 atom stereocenters. The Morgan fingerprint density at radius 2 is 1.90 bits per heavy atom. The molecule has 0 aromatic heterocycles. The van der Waals surface area contributed by atoms with Crippen molar-refractivity contribution in [3.8, 4) is 0 Å². The van der Waals surface area contributed by atoms with Gasteiger partial charge in [-0.25, -0.2) is 0 Å². The summed E-state index contributed by atoms with van der Waals surface area (Å²) in [6.45, 7) is 3.27. The first kappa shape index (κ1) is 15.0. The zero-order valence-electron chi connectivity index (χ0n) is 12.5. The van der Waals surface area contributed by atoms with Crippen LogP contribution in [0.2, 0.25) is 0 Å². The number of benzene rings is 2. The van der Waals surface area contributed by atoms with Crippen LogP contribution in [0.25, 0.3) is 0 Å². The number of aryl methyl sites for hydroxylation is 2. The molecule has 1 N–H and O–H groups in total. The van der Waals surface area contributed by atoms with E-state index in [1.807, 2.05) is 0 Å². The molecular formula is C19H22IN. The first-order chi connectivity index (χ1) is 10.3. The van der Waals surface area contributed by atoms with Crippen molar-refractivity contribution in [1.82, 2.24) is 5.32 Å². The maximum atomic E-state index is 3.73. The predicted molar refractivity (Wildman–Crippen MR) is 97.8 cm³/mol.